The van der Waals surface area contributed by atoms with Gasteiger partial charge in [-0.25, -0.2) is 0 Å². The number of aliphatic hydroxyl groups excluding tert-OH is 1. The van der Waals surface area contributed by atoms with Gasteiger partial charge in [0, 0.05) is 13.1 Å². The number of aliphatic hydroxyl groups is 1. The van der Waals surface area contributed by atoms with Crippen LogP contribution in [0.3, 0.4) is 0 Å². The monoisotopic (exact) mass is 295 g/mol. The van der Waals surface area contributed by atoms with E-state index in [1.54, 1.807) is 36.9 Å². The SMILES string of the molecule is CCN(CC)C(=O)C(C)Oc1ccc([C@@H](C)O)cc1OC. The highest BCUT2D eigenvalue weighted by atomic mass is 16.5. The second kappa shape index (κ2) is 7.88. The van der Waals surface area contributed by atoms with Crippen LogP contribution < -0.4 is 9.47 Å². The number of rotatable bonds is 7. The van der Waals surface area contributed by atoms with Crippen LogP contribution in [-0.2, 0) is 4.79 Å². The van der Waals surface area contributed by atoms with Crippen molar-refractivity contribution in [1.82, 2.24) is 4.90 Å². The van der Waals surface area contributed by atoms with Crippen molar-refractivity contribution in [3.8, 4) is 11.5 Å². The molecule has 21 heavy (non-hydrogen) atoms. The van der Waals surface area contributed by atoms with Gasteiger partial charge in [-0.3, -0.25) is 4.79 Å². The van der Waals surface area contributed by atoms with Crippen molar-refractivity contribution in [3.05, 3.63) is 23.8 Å². The molecule has 1 aromatic carbocycles. The zero-order chi connectivity index (χ0) is 16.0. The van der Waals surface area contributed by atoms with Gasteiger partial charge < -0.3 is 19.5 Å². The molecule has 0 aromatic heterocycles. The van der Waals surface area contributed by atoms with Crippen LogP contribution in [-0.4, -0.2) is 42.2 Å². The summed E-state index contributed by atoms with van der Waals surface area (Å²) in [4.78, 5) is 13.9. The maximum absolute atomic E-state index is 12.2. The topological polar surface area (TPSA) is 59.0 Å². The summed E-state index contributed by atoms with van der Waals surface area (Å²) in [6.07, 6.45) is -1.17. The number of ether oxygens (including phenoxy) is 2. The van der Waals surface area contributed by atoms with E-state index in [1.807, 2.05) is 13.8 Å². The summed E-state index contributed by atoms with van der Waals surface area (Å²) in [5.41, 5.74) is 0.738. The number of amides is 1. The molecule has 0 fully saturated rings. The van der Waals surface area contributed by atoms with Gasteiger partial charge >= 0.3 is 0 Å². The van der Waals surface area contributed by atoms with Crippen LogP contribution in [0.2, 0.25) is 0 Å². The van der Waals surface area contributed by atoms with Crippen molar-refractivity contribution in [2.75, 3.05) is 20.2 Å². The van der Waals surface area contributed by atoms with Crippen LogP contribution >= 0.6 is 0 Å². The lowest BCUT2D eigenvalue weighted by molar-refractivity contribution is -0.137. The number of hydrogen-bond acceptors (Lipinski definition) is 4. The third kappa shape index (κ3) is 4.36. The largest absolute Gasteiger partial charge is 0.493 e. The highest BCUT2D eigenvalue weighted by Crippen LogP contribution is 2.31. The van der Waals surface area contributed by atoms with Gasteiger partial charge in [0.1, 0.15) is 0 Å². The second-order valence-electron chi connectivity index (χ2n) is 4.86. The average Bonchev–Trinajstić information content (AvgIpc) is 2.48. The summed E-state index contributed by atoms with van der Waals surface area (Å²) in [6.45, 7) is 8.59. The van der Waals surface area contributed by atoms with Crippen LogP contribution in [0.4, 0.5) is 0 Å². The third-order valence-electron chi connectivity index (χ3n) is 3.40. The quantitative estimate of drug-likeness (QED) is 0.839. The van der Waals surface area contributed by atoms with E-state index in [1.165, 1.54) is 7.11 Å². The molecule has 1 aromatic rings. The first-order chi connectivity index (χ1) is 9.94. The van der Waals surface area contributed by atoms with Crippen molar-refractivity contribution in [2.24, 2.45) is 0 Å². The first kappa shape index (κ1) is 17.3. The zero-order valence-corrected chi connectivity index (χ0v) is 13.4. The standard InChI is InChI=1S/C16H25NO4/c1-6-17(7-2)16(19)12(4)21-14-9-8-13(11(3)18)10-15(14)20-5/h8-12,18H,6-7H2,1-5H3/t11-,12?/m1/s1. The highest BCUT2D eigenvalue weighted by molar-refractivity contribution is 5.80. The number of methoxy groups -OCH3 is 1. The molecule has 1 N–H and O–H groups in total. The molecule has 118 valence electrons. The summed E-state index contributed by atoms with van der Waals surface area (Å²) in [5.74, 6) is 0.948. The van der Waals surface area contributed by atoms with Crippen LogP contribution in [0.1, 0.15) is 39.4 Å². The van der Waals surface area contributed by atoms with Gasteiger partial charge in [0.15, 0.2) is 17.6 Å². The molecule has 0 radical (unpaired) electrons. The lowest BCUT2D eigenvalue weighted by Gasteiger charge is -2.24. The Morgan fingerprint density at radius 3 is 2.33 bits per heavy atom. The Balaban J connectivity index is 2.89. The minimum Gasteiger partial charge on any atom is -0.493 e. The third-order valence-corrected chi connectivity index (χ3v) is 3.40. The normalized spacial score (nSPS) is 13.4. The highest BCUT2D eigenvalue weighted by Gasteiger charge is 2.21. The van der Waals surface area contributed by atoms with Crippen molar-refractivity contribution in [3.63, 3.8) is 0 Å². The fourth-order valence-corrected chi connectivity index (χ4v) is 2.07. The molecule has 0 aliphatic carbocycles. The van der Waals surface area contributed by atoms with Crippen molar-refractivity contribution in [2.45, 2.75) is 39.9 Å². The maximum atomic E-state index is 12.2. The lowest BCUT2D eigenvalue weighted by atomic mass is 10.1. The molecular weight excluding hydrogens is 270 g/mol. The molecule has 0 spiro atoms. The molecule has 1 unspecified atom stereocenters. The number of hydrogen-bond donors (Lipinski definition) is 1. The zero-order valence-electron chi connectivity index (χ0n) is 13.4. The summed E-state index contributed by atoms with van der Waals surface area (Å²) in [5, 5.41) is 9.58. The van der Waals surface area contributed by atoms with Crippen molar-refractivity contribution < 1.29 is 19.4 Å². The molecule has 5 nitrogen and oxygen atoms in total. The van der Waals surface area contributed by atoms with Crippen molar-refractivity contribution >= 4 is 5.91 Å². The minimum atomic E-state index is -0.587. The second-order valence-corrected chi connectivity index (χ2v) is 4.86. The van der Waals surface area contributed by atoms with Crippen LogP contribution in [0.5, 0.6) is 11.5 Å². The van der Waals surface area contributed by atoms with E-state index in [0.29, 0.717) is 24.6 Å². The predicted molar refractivity (Wildman–Crippen MR) is 81.6 cm³/mol. The van der Waals surface area contributed by atoms with Gasteiger partial charge in [0.25, 0.3) is 5.91 Å². The van der Waals surface area contributed by atoms with Gasteiger partial charge in [-0.15, -0.1) is 0 Å². The Bertz CT molecular complexity index is 469. The van der Waals surface area contributed by atoms with Crippen LogP contribution in [0.25, 0.3) is 0 Å². The molecular formula is C16H25NO4. The van der Waals surface area contributed by atoms with E-state index < -0.39 is 12.2 Å². The Morgan fingerprint density at radius 2 is 1.86 bits per heavy atom. The van der Waals surface area contributed by atoms with E-state index >= 15 is 0 Å². The summed E-state index contributed by atoms with van der Waals surface area (Å²) in [6, 6.07) is 5.19. The van der Waals surface area contributed by atoms with E-state index in [2.05, 4.69) is 0 Å². The van der Waals surface area contributed by atoms with Crippen molar-refractivity contribution in [1.29, 1.82) is 0 Å². The minimum absolute atomic E-state index is 0.0540. The number of nitrogens with zero attached hydrogens (tertiary/aromatic N) is 1. The number of benzene rings is 1. The number of carbonyl (C=O) groups excluding carboxylic acids is 1. The molecule has 0 saturated heterocycles. The fourth-order valence-electron chi connectivity index (χ4n) is 2.07. The average molecular weight is 295 g/mol. The molecule has 0 bridgehead atoms. The van der Waals surface area contributed by atoms with E-state index in [0.717, 1.165) is 5.56 Å². The molecule has 0 aliphatic rings. The van der Waals surface area contributed by atoms with Crippen LogP contribution in [0, 0.1) is 0 Å². The van der Waals surface area contributed by atoms with Crippen LogP contribution in [0.15, 0.2) is 18.2 Å². The molecule has 1 rings (SSSR count). The van der Waals surface area contributed by atoms with Gasteiger partial charge in [0.2, 0.25) is 0 Å². The first-order valence-corrected chi connectivity index (χ1v) is 7.25. The van der Waals surface area contributed by atoms with E-state index in [-0.39, 0.29) is 5.91 Å². The van der Waals surface area contributed by atoms with E-state index in [9.17, 15) is 9.90 Å². The fraction of sp³-hybridized carbons (Fsp3) is 0.562. The Labute approximate surface area is 126 Å². The lowest BCUT2D eigenvalue weighted by Crippen LogP contribution is -2.40. The number of likely N-dealkylation sites (N-methyl/N-ethyl adjacent to an activating group) is 1. The molecule has 5 heteroatoms. The Kier molecular flexibility index (Phi) is 6.49. The van der Waals surface area contributed by atoms with Gasteiger partial charge in [-0.1, -0.05) is 6.07 Å². The molecule has 1 amide bonds. The Morgan fingerprint density at radius 1 is 1.24 bits per heavy atom. The molecule has 0 heterocycles. The summed E-state index contributed by atoms with van der Waals surface area (Å²) >= 11 is 0. The first-order valence-electron chi connectivity index (χ1n) is 7.25. The molecule has 2 atom stereocenters. The van der Waals surface area contributed by atoms with Gasteiger partial charge in [-0.2, -0.15) is 0 Å². The van der Waals surface area contributed by atoms with Gasteiger partial charge in [0.05, 0.1) is 13.2 Å². The number of carbonyl (C=O) groups is 1. The molecule has 0 saturated carbocycles. The molecule has 0 aliphatic heterocycles. The summed E-state index contributed by atoms with van der Waals surface area (Å²) < 4.78 is 11.0. The predicted octanol–water partition coefficient (Wildman–Crippen LogP) is 2.38. The Hall–Kier alpha value is -1.75. The van der Waals surface area contributed by atoms with Gasteiger partial charge in [-0.05, 0) is 45.4 Å². The maximum Gasteiger partial charge on any atom is 0.263 e. The van der Waals surface area contributed by atoms with E-state index in [4.69, 9.17) is 9.47 Å². The summed E-state index contributed by atoms with van der Waals surface area (Å²) in [7, 11) is 1.53. The smallest absolute Gasteiger partial charge is 0.263 e.